The van der Waals surface area contributed by atoms with Gasteiger partial charge in [0.1, 0.15) is 0 Å². The highest BCUT2D eigenvalue weighted by atomic mass is 14.8. The molecular weight excluding hydrogens is 242 g/mol. The van der Waals surface area contributed by atoms with E-state index in [1.54, 1.807) is 0 Å². The van der Waals surface area contributed by atoms with Gasteiger partial charge < -0.3 is 5.32 Å². The summed E-state index contributed by atoms with van der Waals surface area (Å²) in [5.74, 6) is 5.10. The van der Waals surface area contributed by atoms with Crippen LogP contribution in [0, 0.1) is 29.6 Å². The summed E-state index contributed by atoms with van der Waals surface area (Å²) in [5.41, 5.74) is 0. The molecule has 0 saturated heterocycles. The SMILES string of the molecule is CCNCC1CCC(CC)CC1C1CCCCC1CC. The highest BCUT2D eigenvalue weighted by Crippen LogP contribution is 2.47. The molecule has 1 nitrogen and oxygen atoms in total. The summed E-state index contributed by atoms with van der Waals surface area (Å²) in [7, 11) is 0. The molecule has 0 heterocycles. The molecule has 1 heteroatoms. The van der Waals surface area contributed by atoms with Crippen LogP contribution in [-0.2, 0) is 0 Å². The third-order valence-electron chi connectivity index (χ3n) is 6.43. The lowest BCUT2D eigenvalue weighted by molar-refractivity contribution is 0.0558. The van der Waals surface area contributed by atoms with Crippen molar-refractivity contribution >= 4 is 0 Å². The van der Waals surface area contributed by atoms with E-state index in [0.717, 1.165) is 36.1 Å². The fraction of sp³-hybridized carbons (Fsp3) is 1.00. The standard InChI is InChI=1S/C19H37N/c1-4-15-11-12-17(14-20-6-3)19(13-15)18-10-8-7-9-16(18)5-2/h15-20H,4-14H2,1-3H3. The maximum Gasteiger partial charge on any atom is -0.00179 e. The Balaban J connectivity index is 2.04. The first-order valence-corrected chi connectivity index (χ1v) is 9.50. The van der Waals surface area contributed by atoms with Crippen LogP contribution in [0.5, 0.6) is 0 Å². The molecule has 0 aromatic carbocycles. The van der Waals surface area contributed by atoms with Gasteiger partial charge in [-0.2, -0.15) is 0 Å². The normalized spacial score (nSPS) is 38.9. The molecule has 2 saturated carbocycles. The Morgan fingerprint density at radius 3 is 2.30 bits per heavy atom. The number of nitrogens with one attached hydrogen (secondary N) is 1. The smallest absolute Gasteiger partial charge is 0.00179 e. The third kappa shape index (κ3) is 4.00. The predicted molar refractivity (Wildman–Crippen MR) is 88.9 cm³/mol. The zero-order valence-corrected chi connectivity index (χ0v) is 14.2. The van der Waals surface area contributed by atoms with E-state index in [0.29, 0.717) is 0 Å². The van der Waals surface area contributed by atoms with Crippen molar-refractivity contribution in [2.75, 3.05) is 13.1 Å². The summed E-state index contributed by atoms with van der Waals surface area (Å²) < 4.78 is 0. The molecule has 0 spiro atoms. The molecule has 0 aliphatic heterocycles. The maximum atomic E-state index is 3.65. The number of hydrogen-bond donors (Lipinski definition) is 1. The van der Waals surface area contributed by atoms with Crippen LogP contribution in [0.4, 0.5) is 0 Å². The summed E-state index contributed by atoms with van der Waals surface area (Å²) in [6.07, 6.45) is 13.4. The second-order valence-electron chi connectivity index (χ2n) is 7.44. The van der Waals surface area contributed by atoms with E-state index in [-0.39, 0.29) is 0 Å². The van der Waals surface area contributed by atoms with E-state index in [1.807, 2.05) is 0 Å². The summed E-state index contributed by atoms with van der Waals surface area (Å²) >= 11 is 0. The molecule has 20 heavy (non-hydrogen) atoms. The first-order chi connectivity index (χ1) is 9.80. The van der Waals surface area contributed by atoms with Gasteiger partial charge in [0.15, 0.2) is 0 Å². The van der Waals surface area contributed by atoms with Crippen LogP contribution >= 0.6 is 0 Å². The largest absolute Gasteiger partial charge is 0.317 e. The van der Waals surface area contributed by atoms with Crippen molar-refractivity contribution in [1.82, 2.24) is 5.32 Å². The van der Waals surface area contributed by atoms with Crippen LogP contribution in [0.15, 0.2) is 0 Å². The minimum absolute atomic E-state index is 0.967. The van der Waals surface area contributed by atoms with Gasteiger partial charge in [0.05, 0.1) is 0 Å². The van der Waals surface area contributed by atoms with Gasteiger partial charge in [-0.25, -0.2) is 0 Å². The van der Waals surface area contributed by atoms with Gasteiger partial charge in [-0.15, -0.1) is 0 Å². The first-order valence-electron chi connectivity index (χ1n) is 9.50. The van der Waals surface area contributed by atoms with E-state index in [9.17, 15) is 0 Å². The molecule has 1 N–H and O–H groups in total. The van der Waals surface area contributed by atoms with Crippen LogP contribution < -0.4 is 5.32 Å². The van der Waals surface area contributed by atoms with Gasteiger partial charge in [-0.3, -0.25) is 0 Å². The molecule has 0 radical (unpaired) electrons. The monoisotopic (exact) mass is 279 g/mol. The Bertz CT molecular complexity index is 262. The van der Waals surface area contributed by atoms with E-state index in [2.05, 4.69) is 26.1 Å². The Kier molecular flexibility index (Phi) is 6.87. The summed E-state index contributed by atoms with van der Waals surface area (Å²) in [5, 5.41) is 3.65. The molecule has 0 bridgehead atoms. The zero-order valence-electron chi connectivity index (χ0n) is 14.2. The lowest BCUT2D eigenvalue weighted by Gasteiger charge is -2.45. The number of hydrogen-bond acceptors (Lipinski definition) is 1. The van der Waals surface area contributed by atoms with Gasteiger partial charge >= 0.3 is 0 Å². The molecule has 0 aromatic rings. The average molecular weight is 280 g/mol. The molecule has 2 aliphatic carbocycles. The lowest BCUT2D eigenvalue weighted by atomic mass is 9.61. The molecule has 118 valence electrons. The van der Waals surface area contributed by atoms with Gasteiger partial charge in [0.2, 0.25) is 0 Å². The highest BCUT2D eigenvalue weighted by Gasteiger charge is 2.38. The average Bonchev–Trinajstić information content (AvgIpc) is 2.52. The van der Waals surface area contributed by atoms with E-state index < -0.39 is 0 Å². The van der Waals surface area contributed by atoms with Crippen LogP contribution in [0.25, 0.3) is 0 Å². The summed E-state index contributed by atoms with van der Waals surface area (Å²) in [6.45, 7) is 9.52. The van der Waals surface area contributed by atoms with E-state index in [4.69, 9.17) is 0 Å². The summed E-state index contributed by atoms with van der Waals surface area (Å²) in [6, 6.07) is 0. The van der Waals surface area contributed by atoms with Crippen molar-refractivity contribution in [2.45, 2.75) is 78.6 Å². The minimum atomic E-state index is 0.967. The fourth-order valence-electron chi connectivity index (χ4n) is 5.14. The molecule has 0 aromatic heterocycles. The van der Waals surface area contributed by atoms with Crippen molar-refractivity contribution < 1.29 is 0 Å². The summed E-state index contributed by atoms with van der Waals surface area (Å²) in [4.78, 5) is 0. The number of rotatable bonds is 6. The third-order valence-corrected chi connectivity index (χ3v) is 6.43. The van der Waals surface area contributed by atoms with E-state index in [1.165, 1.54) is 64.3 Å². The van der Waals surface area contributed by atoms with Crippen molar-refractivity contribution in [3.8, 4) is 0 Å². The van der Waals surface area contributed by atoms with Crippen LogP contribution in [-0.4, -0.2) is 13.1 Å². The van der Waals surface area contributed by atoms with Crippen LogP contribution in [0.2, 0.25) is 0 Å². The van der Waals surface area contributed by atoms with Crippen LogP contribution in [0.1, 0.15) is 78.6 Å². The Labute approximate surface area is 127 Å². The quantitative estimate of drug-likeness (QED) is 0.700. The molecule has 5 unspecified atom stereocenters. The fourth-order valence-corrected chi connectivity index (χ4v) is 5.14. The first kappa shape index (κ1) is 16.3. The molecule has 2 fully saturated rings. The van der Waals surface area contributed by atoms with Crippen molar-refractivity contribution in [3.63, 3.8) is 0 Å². The lowest BCUT2D eigenvalue weighted by Crippen LogP contribution is -2.40. The van der Waals surface area contributed by atoms with Gasteiger partial charge in [-0.05, 0) is 61.9 Å². The van der Waals surface area contributed by atoms with E-state index >= 15 is 0 Å². The molecule has 0 amide bonds. The topological polar surface area (TPSA) is 12.0 Å². The highest BCUT2D eigenvalue weighted by molar-refractivity contribution is 4.89. The Hall–Kier alpha value is -0.0400. The molecular formula is C19H37N. The van der Waals surface area contributed by atoms with Crippen molar-refractivity contribution in [2.24, 2.45) is 29.6 Å². The Morgan fingerprint density at radius 1 is 0.800 bits per heavy atom. The second kappa shape index (κ2) is 8.41. The Morgan fingerprint density at radius 2 is 1.60 bits per heavy atom. The molecule has 2 aliphatic rings. The van der Waals surface area contributed by atoms with Gasteiger partial charge in [0.25, 0.3) is 0 Å². The van der Waals surface area contributed by atoms with Gasteiger partial charge in [0, 0.05) is 0 Å². The molecule has 5 atom stereocenters. The van der Waals surface area contributed by atoms with Gasteiger partial charge in [-0.1, -0.05) is 59.3 Å². The second-order valence-corrected chi connectivity index (χ2v) is 7.44. The minimum Gasteiger partial charge on any atom is -0.317 e. The maximum absolute atomic E-state index is 3.65. The van der Waals surface area contributed by atoms with Crippen molar-refractivity contribution in [3.05, 3.63) is 0 Å². The van der Waals surface area contributed by atoms with Crippen molar-refractivity contribution in [1.29, 1.82) is 0 Å². The molecule has 2 rings (SSSR count). The van der Waals surface area contributed by atoms with Crippen LogP contribution in [0.3, 0.4) is 0 Å². The predicted octanol–water partition coefficient (Wildman–Crippen LogP) is 5.25. The zero-order chi connectivity index (χ0) is 14.4.